The molecule has 168 valence electrons. The molecule has 0 unspecified atom stereocenters. The molecule has 1 aliphatic rings. The van der Waals surface area contributed by atoms with Gasteiger partial charge in [0, 0.05) is 49.9 Å². The quantitative estimate of drug-likeness (QED) is 0.557. The van der Waals surface area contributed by atoms with Crippen LogP contribution in [0.15, 0.2) is 47.0 Å². The van der Waals surface area contributed by atoms with Crippen LogP contribution in [-0.4, -0.2) is 60.3 Å². The van der Waals surface area contributed by atoms with Crippen molar-refractivity contribution in [3.63, 3.8) is 0 Å². The van der Waals surface area contributed by atoms with Gasteiger partial charge in [-0.05, 0) is 56.3 Å². The van der Waals surface area contributed by atoms with Crippen molar-refractivity contribution in [2.45, 2.75) is 20.8 Å². The summed E-state index contributed by atoms with van der Waals surface area (Å²) in [5.74, 6) is 2.42. The maximum absolute atomic E-state index is 13.1. The number of benzene rings is 2. The van der Waals surface area contributed by atoms with Gasteiger partial charge >= 0.3 is 0 Å². The maximum atomic E-state index is 13.1. The third-order valence-electron chi connectivity index (χ3n) is 5.38. The number of piperazine rings is 1. The Morgan fingerprint density at radius 2 is 1.66 bits per heavy atom. The zero-order valence-corrected chi connectivity index (χ0v) is 18.7. The fourth-order valence-corrected chi connectivity index (χ4v) is 3.77. The minimum absolute atomic E-state index is 0.0106. The average molecular weight is 437 g/mol. The fourth-order valence-electron chi connectivity index (χ4n) is 3.77. The normalized spacial score (nSPS) is 13.8. The second kappa shape index (κ2) is 9.72. The lowest BCUT2D eigenvalue weighted by Gasteiger charge is -2.36. The Kier molecular flexibility index (Phi) is 6.58. The molecule has 1 aliphatic heterocycles. The van der Waals surface area contributed by atoms with E-state index < -0.39 is 0 Å². The van der Waals surface area contributed by atoms with E-state index in [0.29, 0.717) is 55.1 Å². The highest BCUT2D eigenvalue weighted by molar-refractivity contribution is 5.95. The zero-order chi connectivity index (χ0) is 22.5. The van der Waals surface area contributed by atoms with Crippen molar-refractivity contribution in [2.75, 3.05) is 44.3 Å². The van der Waals surface area contributed by atoms with Gasteiger partial charge in [-0.2, -0.15) is 4.98 Å². The van der Waals surface area contributed by atoms with Gasteiger partial charge in [0.25, 0.3) is 5.91 Å². The second-order valence-corrected chi connectivity index (χ2v) is 7.49. The minimum atomic E-state index is 0.0106. The third-order valence-corrected chi connectivity index (χ3v) is 5.38. The molecule has 0 aliphatic carbocycles. The van der Waals surface area contributed by atoms with E-state index in [0.717, 1.165) is 24.3 Å². The molecule has 0 N–H and O–H groups in total. The molecule has 0 spiro atoms. The van der Waals surface area contributed by atoms with E-state index in [9.17, 15) is 4.79 Å². The van der Waals surface area contributed by atoms with Gasteiger partial charge in [-0.25, -0.2) is 0 Å². The number of carbonyl (C=O) groups excluding carboxylic acids is 1. The fraction of sp³-hybridized carbons (Fsp3) is 0.375. The molecule has 8 heteroatoms. The van der Waals surface area contributed by atoms with Crippen LogP contribution in [0.4, 0.5) is 5.69 Å². The van der Waals surface area contributed by atoms with Crippen LogP contribution in [0.5, 0.6) is 11.5 Å². The maximum Gasteiger partial charge on any atom is 0.254 e. The number of nitrogens with zero attached hydrogens (tertiary/aromatic N) is 4. The lowest BCUT2D eigenvalue weighted by atomic mass is 10.1. The van der Waals surface area contributed by atoms with Gasteiger partial charge in [-0.3, -0.25) is 4.79 Å². The van der Waals surface area contributed by atoms with E-state index in [1.54, 1.807) is 19.1 Å². The SMILES string of the molecule is CCOc1ccc(C(=O)N2CCN(c3ccc(-c4noc(C)n4)cc3)CC2)cc1OCC. The Hall–Kier alpha value is -3.55. The first-order valence-corrected chi connectivity index (χ1v) is 10.9. The number of hydrogen-bond donors (Lipinski definition) is 0. The van der Waals surface area contributed by atoms with Gasteiger partial charge in [-0.15, -0.1) is 0 Å². The molecule has 0 radical (unpaired) electrons. The molecule has 4 rings (SSSR count). The molecule has 0 saturated carbocycles. The van der Waals surface area contributed by atoms with Crippen molar-refractivity contribution in [1.29, 1.82) is 0 Å². The van der Waals surface area contributed by atoms with Gasteiger partial charge < -0.3 is 23.8 Å². The van der Waals surface area contributed by atoms with Gasteiger partial charge in [0.15, 0.2) is 11.5 Å². The van der Waals surface area contributed by atoms with Crippen molar-refractivity contribution in [3.8, 4) is 22.9 Å². The number of rotatable bonds is 7. The van der Waals surface area contributed by atoms with E-state index in [4.69, 9.17) is 14.0 Å². The van der Waals surface area contributed by atoms with E-state index in [1.807, 2.05) is 36.9 Å². The summed E-state index contributed by atoms with van der Waals surface area (Å²) in [4.78, 5) is 21.5. The molecular weight excluding hydrogens is 408 g/mol. The topological polar surface area (TPSA) is 80.9 Å². The van der Waals surface area contributed by atoms with Crippen molar-refractivity contribution in [3.05, 3.63) is 53.9 Å². The Labute approximate surface area is 187 Å². The van der Waals surface area contributed by atoms with Crippen LogP contribution in [0.1, 0.15) is 30.1 Å². The predicted molar refractivity (Wildman–Crippen MR) is 121 cm³/mol. The van der Waals surface area contributed by atoms with Crippen LogP contribution in [0.2, 0.25) is 0 Å². The Morgan fingerprint density at radius 1 is 0.969 bits per heavy atom. The lowest BCUT2D eigenvalue weighted by molar-refractivity contribution is 0.0746. The first kappa shape index (κ1) is 21.7. The predicted octanol–water partition coefficient (Wildman–Crippen LogP) is 3.80. The molecule has 1 fully saturated rings. The number of anilines is 1. The van der Waals surface area contributed by atoms with Crippen LogP contribution in [-0.2, 0) is 0 Å². The smallest absolute Gasteiger partial charge is 0.254 e. The van der Waals surface area contributed by atoms with E-state index >= 15 is 0 Å². The number of amides is 1. The molecular formula is C24H28N4O4. The van der Waals surface area contributed by atoms with Crippen LogP contribution in [0, 0.1) is 6.92 Å². The number of aromatic nitrogens is 2. The number of aryl methyl sites for hydroxylation is 1. The Balaban J connectivity index is 1.39. The van der Waals surface area contributed by atoms with Gasteiger partial charge in [-0.1, -0.05) is 5.16 Å². The summed E-state index contributed by atoms with van der Waals surface area (Å²) in [6.45, 7) is 9.52. The van der Waals surface area contributed by atoms with Crippen molar-refractivity contribution < 1.29 is 18.8 Å². The summed E-state index contributed by atoms with van der Waals surface area (Å²) in [6, 6.07) is 13.5. The summed E-state index contributed by atoms with van der Waals surface area (Å²) in [7, 11) is 0. The number of ether oxygens (including phenoxy) is 2. The summed E-state index contributed by atoms with van der Waals surface area (Å²) in [5, 5.41) is 3.96. The molecule has 2 heterocycles. The molecule has 0 bridgehead atoms. The molecule has 1 amide bonds. The number of carbonyl (C=O) groups is 1. The minimum Gasteiger partial charge on any atom is -0.490 e. The Morgan fingerprint density at radius 3 is 2.28 bits per heavy atom. The first-order chi connectivity index (χ1) is 15.6. The summed E-state index contributed by atoms with van der Waals surface area (Å²) >= 11 is 0. The van der Waals surface area contributed by atoms with Crippen LogP contribution in [0.3, 0.4) is 0 Å². The molecule has 2 aromatic carbocycles. The van der Waals surface area contributed by atoms with E-state index in [-0.39, 0.29) is 5.91 Å². The molecule has 1 saturated heterocycles. The first-order valence-electron chi connectivity index (χ1n) is 10.9. The van der Waals surface area contributed by atoms with E-state index in [2.05, 4.69) is 27.2 Å². The van der Waals surface area contributed by atoms with Gasteiger partial charge in [0.1, 0.15) is 0 Å². The zero-order valence-electron chi connectivity index (χ0n) is 18.7. The molecule has 8 nitrogen and oxygen atoms in total. The standard InChI is InChI=1S/C24H28N4O4/c1-4-30-21-11-8-19(16-22(21)31-5-2)24(29)28-14-12-27(13-15-28)20-9-6-18(7-10-20)23-25-17(3)32-26-23/h6-11,16H,4-5,12-15H2,1-3H3. The van der Waals surface area contributed by atoms with Crippen LogP contribution >= 0.6 is 0 Å². The molecule has 0 atom stereocenters. The Bertz CT molecular complexity index is 1060. The summed E-state index contributed by atoms with van der Waals surface area (Å²) in [6.07, 6.45) is 0. The largest absolute Gasteiger partial charge is 0.490 e. The highest BCUT2D eigenvalue weighted by Gasteiger charge is 2.23. The lowest BCUT2D eigenvalue weighted by Crippen LogP contribution is -2.48. The van der Waals surface area contributed by atoms with Crippen molar-refractivity contribution >= 4 is 11.6 Å². The number of hydrogen-bond acceptors (Lipinski definition) is 7. The van der Waals surface area contributed by atoms with Crippen LogP contribution < -0.4 is 14.4 Å². The molecule has 1 aromatic heterocycles. The van der Waals surface area contributed by atoms with Gasteiger partial charge in [0.05, 0.1) is 13.2 Å². The second-order valence-electron chi connectivity index (χ2n) is 7.49. The van der Waals surface area contributed by atoms with Crippen molar-refractivity contribution in [2.24, 2.45) is 0 Å². The molecule has 32 heavy (non-hydrogen) atoms. The van der Waals surface area contributed by atoms with E-state index in [1.165, 1.54) is 0 Å². The summed E-state index contributed by atoms with van der Waals surface area (Å²) < 4.78 is 16.3. The average Bonchev–Trinajstić information content (AvgIpc) is 3.26. The highest BCUT2D eigenvalue weighted by atomic mass is 16.5. The summed E-state index contributed by atoms with van der Waals surface area (Å²) in [5.41, 5.74) is 2.64. The monoisotopic (exact) mass is 436 g/mol. The highest BCUT2D eigenvalue weighted by Crippen LogP contribution is 2.29. The van der Waals surface area contributed by atoms with Crippen LogP contribution in [0.25, 0.3) is 11.4 Å². The third kappa shape index (κ3) is 4.69. The van der Waals surface area contributed by atoms with Gasteiger partial charge in [0.2, 0.25) is 11.7 Å². The molecule has 3 aromatic rings. The van der Waals surface area contributed by atoms with Crippen molar-refractivity contribution in [1.82, 2.24) is 15.0 Å².